The number of amides is 1. The van der Waals surface area contributed by atoms with Gasteiger partial charge in [-0.1, -0.05) is 48.5 Å². The van der Waals surface area contributed by atoms with E-state index in [1.54, 1.807) is 6.07 Å². The number of nitrogen functional groups attached to an aromatic ring is 1. The lowest BCUT2D eigenvalue weighted by molar-refractivity contribution is -0.142. The first-order valence-corrected chi connectivity index (χ1v) is 9.30. The summed E-state index contributed by atoms with van der Waals surface area (Å²) in [6.07, 6.45) is 2.81. The Balaban J connectivity index is 2.16. The van der Waals surface area contributed by atoms with Crippen molar-refractivity contribution in [3.63, 3.8) is 0 Å². The molecule has 6 nitrogen and oxygen atoms in total. The van der Waals surface area contributed by atoms with Crippen LogP contribution in [-0.2, 0) is 27.2 Å². The molecule has 2 aromatic rings. The molecule has 0 saturated heterocycles. The van der Waals surface area contributed by atoms with E-state index in [0.717, 1.165) is 18.4 Å². The van der Waals surface area contributed by atoms with Crippen LogP contribution >= 0.6 is 0 Å². The second-order valence-corrected chi connectivity index (χ2v) is 6.80. The van der Waals surface area contributed by atoms with Crippen molar-refractivity contribution >= 4 is 18.2 Å². The highest BCUT2D eigenvalue weighted by Crippen LogP contribution is 2.19. The first kappa shape index (κ1) is 21.2. The predicted octanol–water partition coefficient (Wildman–Crippen LogP) is 2.44. The second-order valence-electron chi connectivity index (χ2n) is 6.80. The topological polar surface area (TPSA) is 105 Å². The minimum Gasteiger partial charge on any atom is -0.465 e. The molecule has 0 radical (unpaired) electrons. The zero-order valence-corrected chi connectivity index (χ0v) is 16.1. The van der Waals surface area contributed by atoms with Crippen LogP contribution < -0.4 is 11.1 Å². The molecule has 2 rings (SSSR count). The van der Waals surface area contributed by atoms with Gasteiger partial charge >= 0.3 is 5.97 Å². The fraction of sp³-hybridized carbons (Fsp3) is 0.318. The maximum absolute atomic E-state index is 11.3. The number of benzene rings is 2. The van der Waals surface area contributed by atoms with Crippen molar-refractivity contribution in [2.45, 2.75) is 32.2 Å². The second kappa shape index (κ2) is 10.9. The van der Waals surface area contributed by atoms with Crippen molar-refractivity contribution in [1.82, 2.24) is 5.32 Å². The number of rotatable bonds is 11. The predicted molar refractivity (Wildman–Crippen MR) is 109 cm³/mol. The van der Waals surface area contributed by atoms with E-state index in [0.29, 0.717) is 18.4 Å². The quantitative estimate of drug-likeness (QED) is 0.241. The third-order valence-corrected chi connectivity index (χ3v) is 4.67. The molecule has 6 heteroatoms. The van der Waals surface area contributed by atoms with E-state index in [1.165, 1.54) is 12.5 Å². The van der Waals surface area contributed by atoms with E-state index in [9.17, 15) is 9.59 Å². The average molecular weight is 381 g/mol. The summed E-state index contributed by atoms with van der Waals surface area (Å²) in [7, 11) is 0. The SMILES string of the molecule is CC(=O)OCC(Cc1cccc(C(=N)N)c1)C(CCc1ccccc1)NC=O. The summed E-state index contributed by atoms with van der Waals surface area (Å²) in [6.45, 7) is 1.58. The number of carbonyl (C=O) groups excluding carboxylic acids is 2. The number of amidine groups is 1. The van der Waals surface area contributed by atoms with Gasteiger partial charge in [0.2, 0.25) is 6.41 Å². The minimum absolute atomic E-state index is 0.00466. The van der Waals surface area contributed by atoms with Crippen molar-refractivity contribution in [1.29, 1.82) is 5.41 Å². The Hall–Kier alpha value is -3.15. The molecule has 1 amide bonds. The van der Waals surface area contributed by atoms with E-state index in [2.05, 4.69) is 17.4 Å². The number of hydrogen-bond donors (Lipinski definition) is 3. The summed E-state index contributed by atoms with van der Waals surface area (Å²) in [5.41, 5.74) is 8.39. The van der Waals surface area contributed by atoms with E-state index in [-0.39, 0.29) is 30.4 Å². The third-order valence-electron chi connectivity index (χ3n) is 4.67. The van der Waals surface area contributed by atoms with E-state index in [4.69, 9.17) is 15.9 Å². The summed E-state index contributed by atoms with van der Waals surface area (Å²) >= 11 is 0. The molecule has 4 N–H and O–H groups in total. The van der Waals surface area contributed by atoms with Gasteiger partial charge in [-0.3, -0.25) is 15.0 Å². The number of esters is 1. The van der Waals surface area contributed by atoms with Gasteiger partial charge in [0.25, 0.3) is 0 Å². The molecule has 0 bridgehead atoms. The van der Waals surface area contributed by atoms with Crippen LogP contribution in [0.5, 0.6) is 0 Å². The molecule has 0 aliphatic carbocycles. The minimum atomic E-state index is -0.351. The smallest absolute Gasteiger partial charge is 0.302 e. The first-order valence-electron chi connectivity index (χ1n) is 9.30. The van der Waals surface area contributed by atoms with Gasteiger partial charge in [-0.15, -0.1) is 0 Å². The highest BCUT2D eigenvalue weighted by molar-refractivity contribution is 5.95. The summed E-state index contributed by atoms with van der Waals surface area (Å²) in [5.74, 6) is -0.444. The van der Waals surface area contributed by atoms with E-state index < -0.39 is 0 Å². The van der Waals surface area contributed by atoms with E-state index >= 15 is 0 Å². The molecule has 0 spiro atoms. The maximum atomic E-state index is 11.3. The number of ether oxygens (including phenoxy) is 1. The molecule has 0 aromatic heterocycles. The van der Waals surface area contributed by atoms with Crippen molar-refractivity contribution in [3.05, 3.63) is 71.3 Å². The molecule has 0 aliphatic rings. The number of hydrogen-bond acceptors (Lipinski definition) is 4. The molecule has 28 heavy (non-hydrogen) atoms. The van der Waals surface area contributed by atoms with Crippen LogP contribution in [0.2, 0.25) is 0 Å². The van der Waals surface area contributed by atoms with Gasteiger partial charge in [-0.25, -0.2) is 0 Å². The zero-order valence-electron chi connectivity index (χ0n) is 16.1. The van der Waals surface area contributed by atoms with Gasteiger partial charge in [0.1, 0.15) is 5.84 Å². The Morgan fingerprint density at radius 1 is 1.18 bits per heavy atom. The highest BCUT2D eigenvalue weighted by atomic mass is 16.5. The molecule has 2 atom stereocenters. The monoisotopic (exact) mass is 381 g/mol. The molecule has 148 valence electrons. The van der Waals surface area contributed by atoms with Crippen molar-refractivity contribution in [2.75, 3.05) is 6.61 Å². The van der Waals surface area contributed by atoms with Gasteiger partial charge in [0, 0.05) is 24.4 Å². The van der Waals surface area contributed by atoms with Crippen molar-refractivity contribution in [2.24, 2.45) is 11.7 Å². The number of nitrogens with two attached hydrogens (primary N) is 1. The number of carbonyl (C=O) groups is 2. The lowest BCUT2D eigenvalue weighted by Crippen LogP contribution is -2.39. The van der Waals surface area contributed by atoms with Gasteiger partial charge in [-0.05, 0) is 36.5 Å². The molecule has 2 aromatic carbocycles. The normalized spacial score (nSPS) is 12.6. The third kappa shape index (κ3) is 6.87. The van der Waals surface area contributed by atoms with Crippen LogP contribution in [0.15, 0.2) is 54.6 Å². The fourth-order valence-corrected chi connectivity index (χ4v) is 3.22. The van der Waals surface area contributed by atoms with Crippen LogP contribution in [0, 0.1) is 11.3 Å². The van der Waals surface area contributed by atoms with Crippen LogP contribution in [0.25, 0.3) is 0 Å². The Bertz CT molecular complexity index is 793. The Morgan fingerprint density at radius 3 is 2.54 bits per heavy atom. The molecule has 0 heterocycles. The van der Waals surface area contributed by atoms with Crippen LogP contribution in [-0.4, -0.2) is 30.9 Å². The molecule has 0 saturated carbocycles. The molecular formula is C22H27N3O3. The standard InChI is InChI=1S/C22H27N3O3/c1-16(27)28-14-20(13-18-8-5-9-19(12-18)22(23)24)21(25-15-26)11-10-17-6-3-2-4-7-17/h2-9,12,15,20-21H,10-11,13-14H2,1H3,(H3,23,24)(H,25,26). The van der Waals surface area contributed by atoms with E-state index in [1.807, 2.05) is 36.4 Å². The Kier molecular flexibility index (Phi) is 8.21. The maximum Gasteiger partial charge on any atom is 0.302 e. The van der Waals surface area contributed by atoms with Gasteiger partial charge in [0.05, 0.1) is 6.61 Å². The van der Waals surface area contributed by atoms with Crippen molar-refractivity contribution in [3.8, 4) is 0 Å². The average Bonchev–Trinajstić information content (AvgIpc) is 2.69. The summed E-state index contributed by atoms with van der Waals surface area (Å²) in [4.78, 5) is 22.5. The van der Waals surface area contributed by atoms with Crippen LogP contribution in [0.3, 0.4) is 0 Å². The Morgan fingerprint density at radius 2 is 1.89 bits per heavy atom. The van der Waals surface area contributed by atoms with Crippen molar-refractivity contribution < 1.29 is 14.3 Å². The number of aryl methyl sites for hydroxylation is 1. The van der Waals surface area contributed by atoms with Gasteiger partial charge in [0.15, 0.2) is 0 Å². The van der Waals surface area contributed by atoms with Crippen LogP contribution in [0.4, 0.5) is 0 Å². The number of nitrogens with one attached hydrogen (secondary N) is 2. The Labute approximate surface area is 165 Å². The molecular weight excluding hydrogens is 354 g/mol. The molecule has 0 fully saturated rings. The lowest BCUT2D eigenvalue weighted by Gasteiger charge is -2.27. The molecule has 0 aliphatic heterocycles. The zero-order chi connectivity index (χ0) is 20.4. The highest BCUT2D eigenvalue weighted by Gasteiger charge is 2.23. The van der Waals surface area contributed by atoms with Gasteiger partial charge in [-0.2, -0.15) is 0 Å². The lowest BCUT2D eigenvalue weighted by atomic mass is 9.88. The van der Waals surface area contributed by atoms with Gasteiger partial charge < -0.3 is 15.8 Å². The summed E-state index contributed by atoms with van der Waals surface area (Å²) < 4.78 is 5.27. The summed E-state index contributed by atoms with van der Waals surface area (Å²) in [5, 5.41) is 10.5. The molecule has 2 unspecified atom stereocenters. The largest absolute Gasteiger partial charge is 0.465 e. The first-order chi connectivity index (χ1) is 13.5. The summed E-state index contributed by atoms with van der Waals surface area (Å²) in [6, 6.07) is 17.3. The van der Waals surface area contributed by atoms with Crippen LogP contribution in [0.1, 0.15) is 30.0 Å². The fourth-order valence-electron chi connectivity index (χ4n) is 3.22.